The van der Waals surface area contributed by atoms with Crippen molar-refractivity contribution in [1.29, 1.82) is 0 Å². The minimum atomic E-state index is -0.851. The standard InChI is InChI=1S/C14H7ClFNO3/c15-8-1-6-11-12(7-8)20-14(19)17(13(11)18)10-4-2-9(16)3-5-10/h1-7H. The maximum Gasteiger partial charge on any atom is 0.426 e. The van der Waals surface area contributed by atoms with Crippen LogP contribution in [0.1, 0.15) is 0 Å². The molecule has 0 bridgehead atoms. The smallest absolute Gasteiger partial charge is 0.409 e. The first-order chi connectivity index (χ1) is 9.56. The first-order valence-electron chi connectivity index (χ1n) is 5.67. The number of hydrogen-bond acceptors (Lipinski definition) is 3. The Bertz CT molecular complexity index is 912. The van der Waals surface area contributed by atoms with Gasteiger partial charge in [-0.3, -0.25) is 4.79 Å². The molecule has 0 fully saturated rings. The van der Waals surface area contributed by atoms with E-state index >= 15 is 0 Å². The normalized spacial score (nSPS) is 10.9. The van der Waals surface area contributed by atoms with Crippen LogP contribution in [-0.4, -0.2) is 4.57 Å². The number of aromatic nitrogens is 1. The molecule has 1 aromatic heterocycles. The van der Waals surface area contributed by atoms with Gasteiger partial charge in [0.25, 0.3) is 5.56 Å². The Morgan fingerprint density at radius 3 is 2.45 bits per heavy atom. The molecule has 0 spiro atoms. The Kier molecular flexibility index (Phi) is 2.91. The van der Waals surface area contributed by atoms with Crippen LogP contribution in [0.5, 0.6) is 0 Å². The lowest BCUT2D eigenvalue weighted by molar-refractivity contribution is 0.503. The van der Waals surface area contributed by atoms with Crippen LogP contribution in [0.25, 0.3) is 16.7 Å². The second-order valence-electron chi connectivity index (χ2n) is 4.13. The molecule has 4 nitrogen and oxygen atoms in total. The van der Waals surface area contributed by atoms with E-state index in [9.17, 15) is 14.0 Å². The fourth-order valence-corrected chi connectivity index (χ4v) is 2.08. The summed E-state index contributed by atoms with van der Waals surface area (Å²) in [6.45, 7) is 0. The Balaban J connectivity index is 2.37. The van der Waals surface area contributed by atoms with Gasteiger partial charge in [0.05, 0.1) is 11.1 Å². The summed E-state index contributed by atoms with van der Waals surface area (Å²) in [4.78, 5) is 24.2. The Hall–Kier alpha value is -2.40. The van der Waals surface area contributed by atoms with Gasteiger partial charge in [0, 0.05) is 11.1 Å². The van der Waals surface area contributed by atoms with Gasteiger partial charge in [-0.25, -0.2) is 13.8 Å². The third-order valence-electron chi connectivity index (χ3n) is 2.84. The van der Waals surface area contributed by atoms with Crippen LogP contribution in [0.2, 0.25) is 5.02 Å². The quantitative estimate of drug-likeness (QED) is 0.693. The van der Waals surface area contributed by atoms with Crippen molar-refractivity contribution in [3.05, 3.63) is 74.2 Å². The molecule has 0 N–H and O–H groups in total. The second-order valence-corrected chi connectivity index (χ2v) is 4.56. The predicted octanol–water partition coefficient (Wildman–Crippen LogP) is 2.74. The monoisotopic (exact) mass is 291 g/mol. The highest BCUT2D eigenvalue weighted by molar-refractivity contribution is 6.31. The lowest BCUT2D eigenvalue weighted by Crippen LogP contribution is -2.30. The van der Waals surface area contributed by atoms with E-state index in [1.807, 2.05) is 0 Å². The molecule has 3 aromatic rings. The van der Waals surface area contributed by atoms with Crippen molar-refractivity contribution in [2.75, 3.05) is 0 Å². The largest absolute Gasteiger partial charge is 0.426 e. The summed E-state index contributed by atoms with van der Waals surface area (Å²) in [6, 6.07) is 9.38. The predicted molar refractivity (Wildman–Crippen MR) is 73.0 cm³/mol. The third-order valence-corrected chi connectivity index (χ3v) is 3.08. The molecule has 0 saturated carbocycles. The summed E-state index contributed by atoms with van der Waals surface area (Å²) < 4.78 is 18.8. The molecule has 3 rings (SSSR count). The summed E-state index contributed by atoms with van der Waals surface area (Å²) in [5.74, 6) is -1.31. The summed E-state index contributed by atoms with van der Waals surface area (Å²) >= 11 is 5.79. The molecule has 0 aliphatic rings. The van der Waals surface area contributed by atoms with E-state index in [4.69, 9.17) is 16.0 Å². The molecular formula is C14H7ClFNO3. The molecule has 1 heterocycles. The molecule has 0 aliphatic heterocycles. The average Bonchev–Trinajstić information content (AvgIpc) is 2.40. The van der Waals surface area contributed by atoms with E-state index in [1.54, 1.807) is 0 Å². The molecule has 0 amide bonds. The topological polar surface area (TPSA) is 52.2 Å². The lowest BCUT2D eigenvalue weighted by Gasteiger charge is -2.05. The number of nitrogens with zero attached hydrogens (tertiary/aromatic N) is 1. The summed E-state index contributed by atoms with van der Waals surface area (Å²) in [6.07, 6.45) is 0. The first-order valence-corrected chi connectivity index (χ1v) is 6.05. The van der Waals surface area contributed by atoms with E-state index in [-0.39, 0.29) is 16.7 Å². The molecule has 0 radical (unpaired) electrons. The highest BCUT2D eigenvalue weighted by Gasteiger charge is 2.11. The van der Waals surface area contributed by atoms with Crippen molar-refractivity contribution in [1.82, 2.24) is 4.57 Å². The maximum absolute atomic E-state index is 12.9. The van der Waals surface area contributed by atoms with Crippen LogP contribution >= 0.6 is 11.6 Å². The van der Waals surface area contributed by atoms with Gasteiger partial charge < -0.3 is 4.42 Å². The number of fused-ring (bicyclic) bond motifs is 1. The van der Waals surface area contributed by atoms with E-state index in [1.165, 1.54) is 30.3 Å². The molecule has 6 heteroatoms. The van der Waals surface area contributed by atoms with Crippen molar-refractivity contribution in [3.8, 4) is 5.69 Å². The number of hydrogen-bond donors (Lipinski definition) is 0. The highest BCUT2D eigenvalue weighted by atomic mass is 35.5. The van der Waals surface area contributed by atoms with Crippen molar-refractivity contribution in [2.24, 2.45) is 0 Å². The van der Waals surface area contributed by atoms with Crippen LogP contribution in [0.15, 0.2) is 56.5 Å². The average molecular weight is 292 g/mol. The SMILES string of the molecule is O=c1oc2cc(Cl)ccc2c(=O)n1-c1ccc(F)cc1. The van der Waals surface area contributed by atoms with Crippen molar-refractivity contribution in [2.45, 2.75) is 0 Å². The van der Waals surface area contributed by atoms with Crippen molar-refractivity contribution < 1.29 is 8.81 Å². The fourth-order valence-electron chi connectivity index (χ4n) is 1.91. The summed E-state index contributed by atoms with van der Waals surface area (Å²) in [7, 11) is 0. The van der Waals surface area contributed by atoms with E-state index < -0.39 is 17.1 Å². The van der Waals surface area contributed by atoms with Crippen molar-refractivity contribution >= 4 is 22.6 Å². The van der Waals surface area contributed by atoms with Gasteiger partial charge in [-0.2, -0.15) is 0 Å². The molecular weight excluding hydrogens is 285 g/mol. The van der Waals surface area contributed by atoms with Crippen LogP contribution < -0.4 is 11.3 Å². The zero-order chi connectivity index (χ0) is 14.3. The molecule has 0 unspecified atom stereocenters. The minimum absolute atomic E-state index is 0.117. The van der Waals surface area contributed by atoms with Crippen LogP contribution in [0.3, 0.4) is 0 Å². The summed E-state index contributed by atoms with van der Waals surface area (Å²) in [5, 5.41) is 0.581. The molecule has 20 heavy (non-hydrogen) atoms. The Morgan fingerprint density at radius 1 is 1.05 bits per heavy atom. The highest BCUT2D eigenvalue weighted by Crippen LogP contribution is 2.16. The van der Waals surface area contributed by atoms with Gasteiger partial charge >= 0.3 is 5.76 Å². The Morgan fingerprint density at radius 2 is 1.75 bits per heavy atom. The summed E-state index contributed by atoms with van der Waals surface area (Å²) in [5.41, 5.74) is -0.188. The van der Waals surface area contributed by atoms with Gasteiger partial charge in [0.15, 0.2) is 0 Å². The Labute approximate surface area is 116 Å². The van der Waals surface area contributed by atoms with Crippen LogP contribution in [-0.2, 0) is 0 Å². The first kappa shape index (κ1) is 12.6. The van der Waals surface area contributed by atoms with Crippen molar-refractivity contribution in [3.63, 3.8) is 0 Å². The lowest BCUT2D eigenvalue weighted by atomic mass is 10.2. The maximum atomic E-state index is 12.9. The number of benzene rings is 2. The molecule has 2 aromatic carbocycles. The van der Waals surface area contributed by atoms with Gasteiger partial charge in [0.1, 0.15) is 11.4 Å². The zero-order valence-corrected chi connectivity index (χ0v) is 10.7. The van der Waals surface area contributed by atoms with Gasteiger partial charge in [0.2, 0.25) is 0 Å². The van der Waals surface area contributed by atoms with E-state index in [2.05, 4.69) is 0 Å². The van der Waals surface area contributed by atoms with Gasteiger partial charge in [-0.15, -0.1) is 0 Å². The third kappa shape index (κ3) is 2.02. The second kappa shape index (κ2) is 4.61. The number of rotatable bonds is 1. The van der Waals surface area contributed by atoms with Crippen LogP contribution in [0.4, 0.5) is 4.39 Å². The molecule has 0 atom stereocenters. The number of halogens is 2. The molecule has 0 aliphatic carbocycles. The van der Waals surface area contributed by atoms with E-state index in [0.29, 0.717) is 5.02 Å². The fraction of sp³-hybridized carbons (Fsp3) is 0. The molecule has 100 valence electrons. The van der Waals surface area contributed by atoms with Crippen LogP contribution in [0, 0.1) is 5.82 Å². The van der Waals surface area contributed by atoms with Gasteiger partial charge in [-0.1, -0.05) is 11.6 Å². The van der Waals surface area contributed by atoms with Gasteiger partial charge in [-0.05, 0) is 36.4 Å². The minimum Gasteiger partial charge on any atom is -0.409 e. The van der Waals surface area contributed by atoms with E-state index in [0.717, 1.165) is 16.7 Å². The molecule has 0 saturated heterocycles. The zero-order valence-electron chi connectivity index (χ0n) is 9.97.